The van der Waals surface area contributed by atoms with Gasteiger partial charge >= 0.3 is 6.03 Å². The summed E-state index contributed by atoms with van der Waals surface area (Å²) >= 11 is 0. The summed E-state index contributed by atoms with van der Waals surface area (Å²) in [7, 11) is 0. The maximum Gasteiger partial charge on any atom is 0.319 e. The average Bonchev–Trinajstić information content (AvgIpc) is 2.63. The van der Waals surface area contributed by atoms with E-state index in [1.54, 1.807) is 31.2 Å². The van der Waals surface area contributed by atoms with Crippen molar-refractivity contribution in [3.8, 4) is 5.75 Å². The Morgan fingerprint density at radius 2 is 1.78 bits per heavy atom. The van der Waals surface area contributed by atoms with E-state index in [2.05, 4.69) is 16.0 Å². The lowest BCUT2D eigenvalue weighted by Gasteiger charge is -2.15. The van der Waals surface area contributed by atoms with Crippen LogP contribution in [-0.2, 0) is 4.79 Å². The lowest BCUT2D eigenvalue weighted by Crippen LogP contribution is -2.31. The summed E-state index contributed by atoms with van der Waals surface area (Å²) < 4.78 is 31.6. The molecule has 0 saturated carbocycles. The summed E-state index contributed by atoms with van der Waals surface area (Å²) in [6.45, 7) is 3.91. The predicted molar refractivity (Wildman–Crippen MR) is 97.5 cm³/mol. The molecule has 27 heavy (non-hydrogen) atoms. The summed E-state index contributed by atoms with van der Waals surface area (Å²) in [5, 5.41) is 7.88. The van der Waals surface area contributed by atoms with Crippen LogP contribution < -0.4 is 20.7 Å². The lowest BCUT2D eigenvalue weighted by atomic mass is 10.1. The van der Waals surface area contributed by atoms with Gasteiger partial charge in [0.05, 0.1) is 6.04 Å². The van der Waals surface area contributed by atoms with Gasteiger partial charge in [-0.15, -0.1) is 0 Å². The van der Waals surface area contributed by atoms with Crippen LogP contribution >= 0.6 is 0 Å². The smallest absolute Gasteiger partial charge is 0.319 e. The Morgan fingerprint density at radius 1 is 1.07 bits per heavy atom. The first-order valence-corrected chi connectivity index (χ1v) is 8.41. The minimum atomic E-state index is -0.968. The molecule has 0 heterocycles. The number of amides is 3. The third-order valence-corrected chi connectivity index (χ3v) is 3.65. The second kappa shape index (κ2) is 9.51. The van der Waals surface area contributed by atoms with Crippen LogP contribution in [0.15, 0.2) is 42.5 Å². The fourth-order valence-electron chi connectivity index (χ4n) is 2.26. The van der Waals surface area contributed by atoms with Crippen LogP contribution in [-0.4, -0.2) is 25.1 Å². The molecule has 0 saturated heterocycles. The third-order valence-electron chi connectivity index (χ3n) is 3.65. The van der Waals surface area contributed by atoms with Gasteiger partial charge in [-0.05, 0) is 55.8 Å². The lowest BCUT2D eigenvalue weighted by molar-refractivity contribution is -0.122. The van der Waals surface area contributed by atoms with Crippen molar-refractivity contribution < 1.29 is 23.1 Å². The minimum absolute atomic E-state index is 0.0904. The average molecular weight is 377 g/mol. The van der Waals surface area contributed by atoms with Gasteiger partial charge in [-0.2, -0.15) is 0 Å². The predicted octanol–water partition coefficient (Wildman–Crippen LogP) is 3.36. The van der Waals surface area contributed by atoms with Crippen LogP contribution in [0.5, 0.6) is 5.75 Å². The Hall–Kier alpha value is -3.16. The van der Waals surface area contributed by atoms with Crippen LogP contribution in [0.3, 0.4) is 0 Å². The van der Waals surface area contributed by atoms with Crippen molar-refractivity contribution in [2.75, 3.05) is 18.5 Å². The number of hydrogen-bond acceptors (Lipinski definition) is 3. The molecule has 1 atom stereocenters. The molecule has 0 fully saturated rings. The van der Waals surface area contributed by atoms with Crippen LogP contribution in [0, 0.1) is 11.6 Å². The molecule has 2 aromatic carbocycles. The van der Waals surface area contributed by atoms with Crippen molar-refractivity contribution >= 4 is 17.6 Å². The van der Waals surface area contributed by atoms with Crippen molar-refractivity contribution in [2.45, 2.75) is 19.9 Å². The third kappa shape index (κ3) is 6.25. The van der Waals surface area contributed by atoms with E-state index in [1.807, 2.05) is 6.92 Å². The van der Waals surface area contributed by atoms with Crippen molar-refractivity contribution in [3.05, 3.63) is 59.7 Å². The van der Waals surface area contributed by atoms with Crippen molar-refractivity contribution in [1.82, 2.24) is 10.6 Å². The molecule has 3 N–H and O–H groups in total. The van der Waals surface area contributed by atoms with E-state index in [-0.39, 0.29) is 12.5 Å². The fraction of sp³-hybridized carbons (Fsp3) is 0.263. The van der Waals surface area contributed by atoms with E-state index in [0.29, 0.717) is 23.5 Å². The molecule has 0 spiro atoms. The first-order valence-electron chi connectivity index (χ1n) is 8.41. The summed E-state index contributed by atoms with van der Waals surface area (Å²) in [6, 6.07) is 8.93. The summed E-state index contributed by atoms with van der Waals surface area (Å²) in [6.07, 6.45) is 0. The van der Waals surface area contributed by atoms with Crippen LogP contribution in [0.1, 0.15) is 25.5 Å². The number of benzene rings is 2. The number of rotatable bonds is 7. The van der Waals surface area contributed by atoms with Gasteiger partial charge in [0, 0.05) is 12.2 Å². The van der Waals surface area contributed by atoms with Gasteiger partial charge < -0.3 is 20.7 Å². The zero-order chi connectivity index (χ0) is 19.8. The number of carbonyl (C=O) groups excluding carboxylic acids is 2. The Morgan fingerprint density at radius 3 is 2.41 bits per heavy atom. The summed E-state index contributed by atoms with van der Waals surface area (Å²) in [5.41, 5.74) is 0.952. The molecule has 0 radical (unpaired) electrons. The molecule has 0 aliphatic carbocycles. The van der Waals surface area contributed by atoms with E-state index in [4.69, 9.17) is 4.74 Å². The number of anilines is 1. The largest absolute Gasteiger partial charge is 0.484 e. The normalized spacial score (nSPS) is 11.4. The molecule has 0 aromatic heterocycles. The van der Waals surface area contributed by atoms with Crippen LogP contribution in [0.4, 0.5) is 19.3 Å². The summed E-state index contributed by atoms with van der Waals surface area (Å²) in [4.78, 5) is 23.4. The first kappa shape index (κ1) is 20.2. The molecule has 2 aromatic rings. The number of nitrogens with one attached hydrogen (secondary N) is 3. The van der Waals surface area contributed by atoms with Gasteiger partial charge in [0.25, 0.3) is 5.91 Å². The highest BCUT2D eigenvalue weighted by Gasteiger charge is 2.12. The fourth-order valence-corrected chi connectivity index (χ4v) is 2.26. The Kier molecular flexibility index (Phi) is 7.10. The highest BCUT2D eigenvalue weighted by molar-refractivity contribution is 5.89. The molecule has 6 nitrogen and oxygen atoms in total. The number of urea groups is 1. The number of hydrogen-bond donors (Lipinski definition) is 3. The zero-order valence-corrected chi connectivity index (χ0v) is 15.0. The highest BCUT2D eigenvalue weighted by atomic mass is 19.2. The van der Waals surface area contributed by atoms with Crippen molar-refractivity contribution in [2.24, 2.45) is 0 Å². The Labute approximate surface area is 155 Å². The molecule has 0 aliphatic rings. The van der Waals surface area contributed by atoms with E-state index in [0.717, 1.165) is 12.1 Å². The molecule has 0 aliphatic heterocycles. The maximum atomic E-state index is 13.3. The summed E-state index contributed by atoms with van der Waals surface area (Å²) in [5.74, 6) is -1.64. The minimum Gasteiger partial charge on any atom is -0.484 e. The highest BCUT2D eigenvalue weighted by Crippen LogP contribution is 2.18. The molecular formula is C19H21F2N3O3. The van der Waals surface area contributed by atoms with E-state index in [9.17, 15) is 18.4 Å². The quantitative estimate of drug-likeness (QED) is 0.692. The number of halogens is 2. The monoisotopic (exact) mass is 377 g/mol. The van der Waals surface area contributed by atoms with Gasteiger partial charge in [-0.25, -0.2) is 13.6 Å². The molecule has 2 rings (SSSR count). The molecule has 0 unspecified atom stereocenters. The SMILES string of the molecule is CCNC(=O)COc1ccc(NC(=O)N[C@H](C)c2ccc(F)c(F)c2)cc1. The van der Waals surface area contributed by atoms with Gasteiger partial charge in [-0.3, -0.25) is 4.79 Å². The standard InChI is InChI=1S/C19H21F2N3O3/c1-3-22-18(25)11-27-15-7-5-14(6-8-15)24-19(26)23-12(2)13-4-9-16(20)17(21)10-13/h4-10,12H,3,11H2,1-2H3,(H,22,25)(H2,23,24,26)/t12-/m1/s1. The van der Waals surface area contributed by atoms with Gasteiger partial charge in [0.1, 0.15) is 5.75 Å². The molecular weight excluding hydrogens is 356 g/mol. The topological polar surface area (TPSA) is 79.5 Å². The van der Waals surface area contributed by atoms with E-state index < -0.39 is 23.7 Å². The number of ether oxygens (including phenoxy) is 1. The molecule has 8 heteroatoms. The van der Waals surface area contributed by atoms with Gasteiger partial charge in [-0.1, -0.05) is 6.07 Å². The second-order valence-electron chi connectivity index (χ2n) is 5.76. The first-order chi connectivity index (χ1) is 12.9. The molecule has 3 amide bonds. The Bertz CT molecular complexity index is 797. The number of likely N-dealkylation sites (N-methyl/N-ethyl adjacent to an activating group) is 1. The second-order valence-corrected chi connectivity index (χ2v) is 5.76. The van der Waals surface area contributed by atoms with Gasteiger partial charge in [0.2, 0.25) is 0 Å². The Balaban J connectivity index is 1.86. The van der Waals surface area contributed by atoms with Crippen LogP contribution in [0.25, 0.3) is 0 Å². The molecule has 0 bridgehead atoms. The van der Waals surface area contributed by atoms with E-state index >= 15 is 0 Å². The molecule has 144 valence electrons. The van der Waals surface area contributed by atoms with Crippen LogP contribution in [0.2, 0.25) is 0 Å². The maximum absolute atomic E-state index is 13.3. The number of carbonyl (C=O) groups is 2. The van der Waals surface area contributed by atoms with Crippen molar-refractivity contribution in [1.29, 1.82) is 0 Å². The van der Waals surface area contributed by atoms with Crippen molar-refractivity contribution in [3.63, 3.8) is 0 Å². The zero-order valence-electron chi connectivity index (χ0n) is 15.0. The van der Waals surface area contributed by atoms with Gasteiger partial charge in [0.15, 0.2) is 18.2 Å². The van der Waals surface area contributed by atoms with E-state index in [1.165, 1.54) is 6.07 Å².